The van der Waals surface area contributed by atoms with Crippen LogP contribution in [0.25, 0.3) is 0 Å². The molecule has 0 saturated heterocycles. The van der Waals surface area contributed by atoms with Gasteiger partial charge in [-0.25, -0.2) is 4.79 Å². The first-order valence-electron chi connectivity index (χ1n) is 15.4. The summed E-state index contributed by atoms with van der Waals surface area (Å²) in [7, 11) is 0. The molecule has 0 N–H and O–H groups in total. The van der Waals surface area contributed by atoms with Crippen LogP contribution in [0.1, 0.15) is 57.6 Å². The molecule has 1 unspecified atom stereocenters. The summed E-state index contributed by atoms with van der Waals surface area (Å²) in [6, 6.07) is 39.4. The van der Waals surface area contributed by atoms with Crippen molar-refractivity contribution in [2.24, 2.45) is 0 Å². The van der Waals surface area contributed by atoms with Gasteiger partial charge >= 0.3 is 5.97 Å². The smallest absolute Gasteiger partial charge is 0.340 e. The lowest BCUT2D eigenvalue weighted by Crippen LogP contribution is -2.34. The monoisotopic (exact) mass is 580 g/mol. The van der Waals surface area contributed by atoms with Crippen LogP contribution in [0, 0.1) is 6.92 Å². The lowest BCUT2D eigenvalue weighted by Gasteiger charge is -2.39. The second-order valence-electron chi connectivity index (χ2n) is 11.5. The van der Waals surface area contributed by atoms with Gasteiger partial charge in [0.25, 0.3) is 0 Å². The summed E-state index contributed by atoms with van der Waals surface area (Å²) < 4.78 is 13.3. The summed E-state index contributed by atoms with van der Waals surface area (Å²) >= 11 is 0. The van der Waals surface area contributed by atoms with Gasteiger partial charge in [0, 0.05) is 60.3 Å². The predicted molar refractivity (Wildman–Crippen MR) is 176 cm³/mol. The third-order valence-electron chi connectivity index (χ3n) is 8.89. The van der Waals surface area contributed by atoms with Gasteiger partial charge in [-0.3, -0.25) is 0 Å². The predicted octanol–water partition coefficient (Wildman–Crippen LogP) is 8.62. The van der Waals surface area contributed by atoms with Crippen molar-refractivity contribution in [2.75, 3.05) is 22.9 Å². The highest BCUT2D eigenvalue weighted by atomic mass is 16.6. The number of esters is 1. The van der Waals surface area contributed by atoms with Crippen molar-refractivity contribution in [2.45, 2.75) is 39.5 Å². The van der Waals surface area contributed by atoms with Crippen molar-refractivity contribution in [3.05, 3.63) is 154 Å². The maximum Gasteiger partial charge on any atom is 0.340 e. The lowest BCUT2D eigenvalue weighted by atomic mass is 9.76. The number of benzene rings is 5. The number of carbonyl (C=O) groups is 1. The van der Waals surface area contributed by atoms with Crippen LogP contribution in [0.5, 0.6) is 11.5 Å². The highest BCUT2D eigenvalue weighted by Gasteiger charge is 2.54. The molecule has 220 valence electrons. The van der Waals surface area contributed by atoms with Crippen LogP contribution >= 0.6 is 0 Å². The van der Waals surface area contributed by atoms with Gasteiger partial charge < -0.3 is 19.3 Å². The molecule has 1 atom stereocenters. The highest BCUT2D eigenvalue weighted by Crippen LogP contribution is 2.58. The lowest BCUT2D eigenvalue weighted by molar-refractivity contribution is 0.0224. The van der Waals surface area contributed by atoms with E-state index in [2.05, 4.69) is 109 Å². The summed E-state index contributed by atoms with van der Waals surface area (Å²) in [5, 5.41) is 0. The van der Waals surface area contributed by atoms with Crippen LogP contribution in [0.4, 0.5) is 11.4 Å². The van der Waals surface area contributed by atoms with Gasteiger partial charge in [-0.2, -0.15) is 0 Å². The number of anilines is 2. The van der Waals surface area contributed by atoms with Gasteiger partial charge in [-0.05, 0) is 67.8 Å². The van der Waals surface area contributed by atoms with E-state index in [9.17, 15) is 4.79 Å². The van der Waals surface area contributed by atoms with Crippen LogP contribution in [-0.2, 0) is 23.4 Å². The zero-order chi connectivity index (χ0) is 30.3. The van der Waals surface area contributed by atoms with Crippen molar-refractivity contribution in [3.8, 4) is 11.5 Å². The Morgan fingerprint density at radius 3 is 1.93 bits per heavy atom. The van der Waals surface area contributed by atoms with Crippen molar-refractivity contribution in [1.29, 1.82) is 0 Å². The molecule has 5 aromatic carbocycles. The van der Waals surface area contributed by atoms with Crippen molar-refractivity contribution < 1.29 is 14.3 Å². The molecule has 0 bridgehead atoms. The first-order chi connectivity index (χ1) is 21.5. The minimum Gasteiger partial charge on any atom is -0.456 e. The number of nitrogens with zero attached hydrogens (tertiary/aromatic N) is 2. The van der Waals surface area contributed by atoms with E-state index < -0.39 is 5.60 Å². The van der Waals surface area contributed by atoms with E-state index in [1.54, 1.807) is 0 Å². The molecule has 5 heteroatoms. The topological polar surface area (TPSA) is 42.0 Å². The Balaban J connectivity index is 1.43. The average Bonchev–Trinajstić information content (AvgIpc) is 3.35. The first kappa shape index (κ1) is 27.8. The number of ether oxygens (including phenoxy) is 2. The molecule has 0 fully saturated rings. The van der Waals surface area contributed by atoms with E-state index >= 15 is 0 Å². The molecule has 5 aromatic rings. The average molecular weight is 581 g/mol. The molecule has 0 amide bonds. The number of rotatable bonds is 8. The Bertz CT molecular complexity index is 1790. The quantitative estimate of drug-likeness (QED) is 0.172. The molecule has 2 aliphatic heterocycles. The molecule has 0 radical (unpaired) electrons. The first-order valence-corrected chi connectivity index (χ1v) is 15.4. The molecule has 0 aromatic heterocycles. The minimum atomic E-state index is -1.12. The third-order valence-corrected chi connectivity index (χ3v) is 8.89. The zero-order valence-electron chi connectivity index (χ0n) is 25.4. The van der Waals surface area contributed by atoms with Crippen LogP contribution < -0.4 is 14.5 Å². The normalized spacial score (nSPS) is 16.0. The number of aryl methyl sites for hydroxylation is 1. The third kappa shape index (κ3) is 4.60. The number of carbonyl (C=O) groups excluding carboxylic acids is 1. The van der Waals surface area contributed by atoms with E-state index in [1.807, 2.05) is 36.4 Å². The molecule has 44 heavy (non-hydrogen) atoms. The number of hydrogen-bond donors (Lipinski definition) is 0. The van der Waals surface area contributed by atoms with Gasteiger partial charge in [0.05, 0.1) is 5.56 Å². The van der Waals surface area contributed by atoms with E-state index in [-0.39, 0.29) is 5.97 Å². The van der Waals surface area contributed by atoms with Gasteiger partial charge in [0.1, 0.15) is 11.5 Å². The Hall–Kier alpha value is -5.03. The summed E-state index contributed by atoms with van der Waals surface area (Å²) in [6.07, 6.45) is 0. The SMILES string of the molecule is CCN(CC)c1ccc2c(c1)Oc1c(C)cc(N(Cc3ccccc3)Cc3ccccc3)cc1C21OC(=O)c2ccccc21. The van der Waals surface area contributed by atoms with Crippen LogP contribution in [0.2, 0.25) is 0 Å². The summed E-state index contributed by atoms with van der Waals surface area (Å²) in [4.78, 5) is 18.2. The zero-order valence-corrected chi connectivity index (χ0v) is 25.4. The maximum atomic E-state index is 13.5. The Morgan fingerprint density at radius 1 is 0.636 bits per heavy atom. The highest BCUT2D eigenvalue weighted by molar-refractivity contribution is 5.97. The fourth-order valence-corrected chi connectivity index (χ4v) is 6.72. The summed E-state index contributed by atoms with van der Waals surface area (Å²) in [5.74, 6) is 1.13. The van der Waals surface area contributed by atoms with Crippen LogP contribution in [0.15, 0.2) is 115 Å². The number of hydrogen-bond acceptors (Lipinski definition) is 5. The maximum absolute atomic E-state index is 13.5. The molecule has 1 spiro atoms. The molecule has 0 aliphatic carbocycles. The largest absolute Gasteiger partial charge is 0.456 e. The Labute approximate surface area is 259 Å². The molecule has 2 heterocycles. The molecular formula is C39H36N2O3. The minimum absolute atomic E-state index is 0.319. The standard InChI is InChI=1S/C39H36N2O3/c1-4-40(5-2)30-20-21-34-36(24-30)43-37-27(3)22-31(23-35(37)39(34)33-19-13-12-18-32(33)38(42)44-39)41(25-28-14-8-6-9-15-28)26-29-16-10-7-11-17-29/h6-24H,4-5,25-26H2,1-3H3. The number of fused-ring (bicyclic) bond motifs is 6. The van der Waals surface area contributed by atoms with E-state index in [0.717, 1.165) is 65.6 Å². The summed E-state index contributed by atoms with van der Waals surface area (Å²) in [5.41, 5.74) is 7.55. The van der Waals surface area contributed by atoms with E-state index in [4.69, 9.17) is 9.47 Å². The van der Waals surface area contributed by atoms with Gasteiger partial charge in [0.15, 0.2) is 5.60 Å². The van der Waals surface area contributed by atoms with Crippen LogP contribution in [-0.4, -0.2) is 19.1 Å². The van der Waals surface area contributed by atoms with Crippen LogP contribution in [0.3, 0.4) is 0 Å². The Morgan fingerprint density at radius 2 is 1.27 bits per heavy atom. The molecule has 0 saturated carbocycles. The second kappa shape index (κ2) is 11.2. The molecule has 5 nitrogen and oxygen atoms in total. The Kier molecular flexibility index (Phi) is 7.09. The summed E-state index contributed by atoms with van der Waals surface area (Å²) in [6.45, 7) is 9.60. The van der Waals surface area contributed by atoms with Gasteiger partial charge in [-0.1, -0.05) is 78.9 Å². The fourth-order valence-electron chi connectivity index (χ4n) is 6.72. The molecule has 2 aliphatic rings. The molecular weight excluding hydrogens is 544 g/mol. The second-order valence-corrected chi connectivity index (χ2v) is 11.5. The van der Waals surface area contributed by atoms with E-state index in [1.165, 1.54) is 11.1 Å². The van der Waals surface area contributed by atoms with Gasteiger partial charge in [0.2, 0.25) is 0 Å². The van der Waals surface area contributed by atoms with Crippen molar-refractivity contribution in [1.82, 2.24) is 0 Å². The van der Waals surface area contributed by atoms with E-state index in [0.29, 0.717) is 11.3 Å². The molecule has 7 rings (SSSR count). The fraction of sp³-hybridized carbons (Fsp3) is 0.205. The van der Waals surface area contributed by atoms with Crippen molar-refractivity contribution in [3.63, 3.8) is 0 Å². The van der Waals surface area contributed by atoms with Crippen molar-refractivity contribution >= 4 is 17.3 Å². The van der Waals surface area contributed by atoms with Gasteiger partial charge in [-0.15, -0.1) is 0 Å².